The smallest absolute Gasteiger partial charge is 0.135 e. The maximum Gasteiger partial charge on any atom is 0.135 e. The molecular weight excluding hydrogens is 278 g/mol. The molecule has 1 unspecified atom stereocenters. The van der Waals surface area contributed by atoms with E-state index in [-0.39, 0.29) is 6.04 Å². The van der Waals surface area contributed by atoms with Gasteiger partial charge in [-0.15, -0.1) is 11.3 Å². The van der Waals surface area contributed by atoms with Crippen LogP contribution in [0.5, 0.6) is 0 Å². The van der Waals surface area contributed by atoms with Gasteiger partial charge in [0.2, 0.25) is 0 Å². The molecule has 1 aliphatic rings. The summed E-state index contributed by atoms with van der Waals surface area (Å²) in [5.74, 6) is 2.32. The van der Waals surface area contributed by atoms with E-state index in [2.05, 4.69) is 46.4 Å². The van der Waals surface area contributed by atoms with E-state index in [4.69, 9.17) is 11.6 Å². The molecule has 2 heterocycles. The molecule has 100 valence electrons. The Morgan fingerprint density at radius 1 is 1.42 bits per heavy atom. The van der Waals surface area contributed by atoms with Gasteiger partial charge in [-0.2, -0.15) is 0 Å². The van der Waals surface area contributed by atoms with E-state index in [9.17, 15) is 0 Å². The van der Waals surface area contributed by atoms with Crippen LogP contribution >= 0.6 is 22.9 Å². The van der Waals surface area contributed by atoms with Crippen molar-refractivity contribution in [1.29, 1.82) is 0 Å². The number of halogens is 1. The van der Waals surface area contributed by atoms with Crippen molar-refractivity contribution < 1.29 is 0 Å². The molecule has 0 aromatic carbocycles. The lowest BCUT2D eigenvalue weighted by atomic mass is 10.2. The predicted octanol–water partition coefficient (Wildman–Crippen LogP) is 4.27. The van der Waals surface area contributed by atoms with Crippen LogP contribution in [0.25, 0.3) is 0 Å². The zero-order chi connectivity index (χ0) is 13.4. The highest BCUT2D eigenvalue weighted by Crippen LogP contribution is 2.39. The number of rotatable bonds is 4. The second kappa shape index (κ2) is 5.10. The van der Waals surface area contributed by atoms with Crippen LogP contribution in [0.1, 0.15) is 42.4 Å². The van der Waals surface area contributed by atoms with Crippen LogP contribution in [0.4, 0.5) is 5.82 Å². The van der Waals surface area contributed by atoms with Crippen LogP contribution in [0.15, 0.2) is 23.6 Å². The Bertz CT molecular complexity index is 566. The maximum atomic E-state index is 6.12. The summed E-state index contributed by atoms with van der Waals surface area (Å²) >= 11 is 7.88. The third-order valence-electron chi connectivity index (χ3n) is 3.54. The Hall–Kier alpha value is -1.13. The van der Waals surface area contributed by atoms with Gasteiger partial charge >= 0.3 is 0 Å². The Kier molecular flexibility index (Phi) is 3.46. The lowest BCUT2D eigenvalue weighted by molar-refractivity contribution is 0.733. The van der Waals surface area contributed by atoms with E-state index in [0.29, 0.717) is 11.1 Å². The van der Waals surface area contributed by atoms with E-state index in [1.807, 2.05) is 6.07 Å². The van der Waals surface area contributed by atoms with E-state index in [1.165, 1.54) is 17.7 Å². The van der Waals surface area contributed by atoms with Crippen molar-refractivity contribution in [2.45, 2.75) is 31.7 Å². The summed E-state index contributed by atoms with van der Waals surface area (Å²) < 4.78 is 0. The molecule has 2 aromatic rings. The Labute approximate surface area is 122 Å². The highest BCUT2D eigenvalue weighted by Gasteiger charge is 2.28. The summed E-state index contributed by atoms with van der Waals surface area (Å²) in [6.45, 7) is 2.18. The fourth-order valence-corrected chi connectivity index (χ4v) is 3.06. The number of anilines is 1. The molecule has 0 saturated heterocycles. The van der Waals surface area contributed by atoms with Gasteiger partial charge in [0.1, 0.15) is 16.8 Å². The zero-order valence-corrected chi connectivity index (χ0v) is 12.6. The monoisotopic (exact) mass is 293 g/mol. The molecule has 5 heteroatoms. The number of thiophene rings is 1. The average Bonchev–Trinajstić information content (AvgIpc) is 3.12. The minimum Gasteiger partial charge on any atom is -0.352 e. The average molecular weight is 294 g/mol. The summed E-state index contributed by atoms with van der Waals surface area (Å²) in [4.78, 5) is 12.5. The fraction of sp³-hybridized carbons (Fsp3) is 0.429. The molecule has 3 rings (SSSR count). The SMILES string of the molecule is CC(c1cccs1)N(C)c1cc(Cl)nc(C2CC2)n1. The van der Waals surface area contributed by atoms with Crippen molar-refractivity contribution in [3.05, 3.63) is 39.4 Å². The van der Waals surface area contributed by atoms with Gasteiger partial charge < -0.3 is 4.90 Å². The summed E-state index contributed by atoms with van der Waals surface area (Å²) in [5.41, 5.74) is 0. The summed E-state index contributed by atoms with van der Waals surface area (Å²) in [6, 6.07) is 6.36. The maximum absolute atomic E-state index is 6.12. The minimum atomic E-state index is 0.290. The first-order valence-electron chi connectivity index (χ1n) is 6.46. The van der Waals surface area contributed by atoms with Crippen LogP contribution in [0.2, 0.25) is 5.15 Å². The molecular formula is C14H16ClN3S. The van der Waals surface area contributed by atoms with Crippen LogP contribution in [0.3, 0.4) is 0 Å². The normalized spacial score (nSPS) is 16.4. The van der Waals surface area contributed by atoms with Crippen molar-refractivity contribution in [3.63, 3.8) is 0 Å². The largest absolute Gasteiger partial charge is 0.352 e. The van der Waals surface area contributed by atoms with Gasteiger partial charge in [-0.05, 0) is 31.2 Å². The summed E-state index contributed by atoms with van der Waals surface area (Å²) in [5, 5.41) is 2.64. The second-order valence-electron chi connectivity index (χ2n) is 4.98. The standard InChI is InChI=1S/C14H16ClN3S/c1-9(11-4-3-7-19-11)18(2)13-8-12(15)16-14(17-13)10-5-6-10/h3-4,7-10H,5-6H2,1-2H3. The van der Waals surface area contributed by atoms with Crippen molar-refractivity contribution in [1.82, 2.24) is 9.97 Å². The summed E-state index contributed by atoms with van der Waals surface area (Å²) in [6.07, 6.45) is 2.37. The van der Waals surface area contributed by atoms with E-state index >= 15 is 0 Å². The third-order valence-corrected chi connectivity index (χ3v) is 4.77. The molecule has 0 spiro atoms. The molecule has 1 fully saturated rings. The molecule has 0 amide bonds. The van der Waals surface area contributed by atoms with E-state index in [0.717, 1.165) is 11.6 Å². The van der Waals surface area contributed by atoms with Crippen molar-refractivity contribution in [3.8, 4) is 0 Å². The van der Waals surface area contributed by atoms with Crippen molar-refractivity contribution in [2.75, 3.05) is 11.9 Å². The molecule has 1 atom stereocenters. The van der Waals surface area contributed by atoms with Gasteiger partial charge in [-0.3, -0.25) is 0 Å². The highest BCUT2D eigenvalue weighted by molar-refractivity contribution is 7.10. The number of nitrogens with zero attached hydrogens (tertiary/aromatic N) is 3. The van der Waals surface area contributed by atoms with Gasteiger partial charge in [-0.25, -0.2) is 9.97 Å². The minimum absolute atomic E-state index is 0.290. The number of hydrogen-bond acceptors (Lipinski definition) is 4. The quantitative estimate of drug-likeness (QED) is 0.789. The van der Waals surface area contributed by atoms with Gasteiger partial charge in [0.25, 0.3) is 0 Å². The molecule has 19 heavy (non-hydrogen) atoms. The first kappa shape index (κ1) is 12.9. The molecule has 1 aliphatic carbocycles. The molecule has 0 radical (unpaired) electrons. The second-order valence-corrected chi connectivity index (χ2v) is 6.35. The molecule has 0 bridgehead atoms. The Balaban J connectivity index is 1.88. The molecule has 2 aromatic heterocycles. The number of aromatic nitrogens is 2. The topological polar surface area (TPSA) is 29.0 Å². The lowest BCUT2D eigenvalue weighted by Gasteiger charge is -2.25. The first-order chi connectivity index (χ1) is 9.15. The Morgan fingerprint density at radius 2 is 2.21 bits per heavy atom. The first-order valence-corrected chi connectivity index (χ1v) is 7.71. The van der Waals surface area contributed by atoms with Crippen LogP contribution in [-0.4, -0.2) is 17.0 Å². The van der Waals surface area contributed by atoms with Crippen molar-refractivity contribution >= 4 is 28.8 Å². The molecule has 0 aliphatic heterocycles. The van der Waals surface area contributed by atoms with Gasteiger partial charge in [0, 0.05) is 23.9 Å². The predicted molar refractivity (Wildman–Crippen MR) is 80.2 cm³/mol. The summed E-state index contributed by atoms with van der Waals surface area (Å²) in [7, 11) is 2.06. The molecule has 3 nitrogen and oxygen atoms in total. The fourth-order valence-electron chi connectivity index (χ4n) is 2.05. The van der Waals surface area contributed by atoms with E-state index < -0.39 is 0 Å². The Morgan fingerprint density at radius 3 is 2.84 bits per heavy atom. The van der Waals surface area contributed by atoms with Crippen LogP contribution in [-0.2, 0) is 0 Å². The highest BCUT2D eigenvalue weighted by atomic mass is 35.5. The molecule has 1 saturated carbocycles. The van der Waals surface area contributed by atoms with Gasteiger partial charge in [0.05, 0.1) is 6.04 Å². The number of hydrogen-bond donors (Lipinski definition) is 0. The van der Waals surface area contributed by atoms with Crippen LogP contribution in [0, 0.1) is 0 Å². The van der Waals surface area contributed by atoms with Crippen LogP contribution < -0.4 is 4.90 Å². The third kappa shape index (κ3) is 2.74. The zero-order valence-electron chi connectivity index (χ0n) is 11.0. The van der Waals surface area contributed by atoms with Crippen molar-refractivity contribution in [2.24, 2.45) is 0 Å². The van der Waals surface area contributed by atoms with Gasteiger partial charge in [-0.1, -0.05) is 17.7 Å². The van der Waals surface area contributed by atoms with Gasteiger partial charge in [0.15, 0.2) is 0 Å². The van der Waals surface area contributed by atoms with E-state index in [1.54, 1.807) is 11.3 Å². The molecule has 0 N–H and O–H groups in total. The lowest BCUT2D eigenvalue weighted by Crippen LogP contribution is -2.22.